The number of carbonyl (C=O) groups is 3. The van der Waals surface area contributed by atoms with Crippen molar-refractivity contribution in [2.75, 3.05) is 25.0 Å². The number of anilines is 1. The van der Waals surface area contributed by atoms with E-state index in [9.17, 15) is 14.4 Å². The van der Waals surface area contributed by atoms with Gasteiger partial charge in [-0.15, -0.1) is 0 Å². The second-order valence-electron chi connectivity index (χ2n) is 5.48. The first-order valence-electron chi connectivity index (χ1n) is 7.86. The van der Waals surface area contributed by atoms with Crippen LogP contribution in [0.2, 0.25) is 0 Å². The SMILES string of the molecule is O=C(O)CN(CC(=O)Nc1cccnc1)CC(=O)OCc1ccccc1. The number of nitrogens with one attached hydrogen (secondary N) is 1. The molecule has 8 heteroatoms. The van der Waals surface area contributed by atoms with Crippen LogP contribution in [0.15, 0.2) is 54.9 Å². The minimum atomic E-state index is -1.14. The lowest BCUT2D eigenvalue weighted by Crippen LogP contribution is -2.40. The molecule has 1 aromatic carbocycles. The van der Waals surface area contributed by atoms with E-state index in [1.54, 1.807) is 18.3 Å². The van der Waals surface area contributed by atoms with Crippen molar-refractivity contribution in [2.45, 2.75) is 6.61 Å². The first kappa shape index (κ1) is 19.1. The monoisotopic (exact) mass is 357 g/mol. The van der Waals surface area contributed by atoms with Gasteiger partial charge in [0.05, 0.1) is 31.5 Å². The second-order valence-corrected chi connectivity index (χ2v) is 5.48. The van der Waals surface area contributed by atoms with E-state index in [4.69, 9.17) is 9.84 Å². The molecule has 1 amide bonds. The van der Waals surface area contributed by atoms with Crippen molar-refractivity contribution >= 4 is 23.5 Å². The molecule has 2 rings (SSSR count). The van der Waals surface area contributed by atoms with E-state index in [2.05, 4.69) is 10.3 Å². The van der Waals surface area contributed by atoms with Gasteiger partial charge in [-0.2, -0.15) is 0 Å². The summed E-state index contributed by atoms with van der Waals surface area (Å²) in [5.74, 6) is -2.20. The molecule has 0 aliphatic rings. The summed E-state index contributed by atoms with van der Waals surface area (Å²) in [5, 5.41) is 11.6. The fourth-order valence-corrected chi connectivity index (χ4v) is 2.17. The van der Waals surface area contributed by atoms with Crippen LogP contribution in [0, 0.1) is 0 Å². The summed E-state index contributed by atoms with van der Waals surface area (Å²) in [4.78, 5) is 40.0. The number of esters is 1. The Hall–Kier alpha value is -3.26. The summed E-state index contributed by atoms with van der Waals surface area (Å²) in [6.07, 6.45) is 3.03. The number of carbonyl (C=O) groups excluding carboxylic acids is 2. The highest BCUT2D eigenvalue weighted by atomic mass is 16.5. The lowest BCUT2D eigenvalue weighted by atomic mass is 10.2. The third-order valence-electron chi connectivity index (χ3n) is 3.27. The zero-order chi connectivity index (χ0) is 18.8. The van der Waals surface area contributed by atoms with Crippen LogP contribution in [0.25, 0.3) is 0 Å². The maximum absolute atomic E-state index is 12.0. The van der Waals surface area contributed by atoms with Gasteiger partial charge in [0.2, 0.25) is 5.91 Å². The van der Waals surface area contributed by atoms with Crippen molar-refractivity contribution in [1.29, 1.82) is 0 Å². The molecule has 0 saturated carbocycles. The quantitative estimate of drug-likeness (QED) is 0.648. The normalized spacial score (nSPS) is 10.3. The number of benzene rings is 1. The zero-order valence-corrected chi connectivity index (χ0v) is 14.0. The number of amides is 1. The van der Waals surface area contributed by atoms with Crippen molar-refractivity contribution in [3.63, 3.8) is 0 Å². The Morgan fingerprint density at radius 3 is 2.46 bits per heavy atom. The fourth-order valence-electron chi connectivity index (χ4n) is 2.17. The molecular weight excluding hydrogens is 338 g/mol. The molecule has 26 heavy (non-hydrogen) atoms. The van der Waals surface area contributed by atoms with Crippen molar-refractivity contribution in [1.82, 2.24) is 9.88 Å². The maximum atomic E-state index is 12.0. The van der Waals surface area contributed by atoms with Gasteiger partial charge in [0, 0.05) is 6.20 Å². The lowest BCUT2D eigenvalue weighted by molar-refractivity contribution is -0.147. The number of hydrogen-bond acceptors (Lipinski definition) is 6. The van der Waals surface area contributed by atoms with E-state index >= 15 is 0 Å². The van der Waals surface area contributed by atoms with E-state index in [0.717, 1.165) is 5.56 Å². The van der Waals surface area contributed by atoms with E-state index in [-0.39, 0.29) is 19.7 Å². The average Bonchev–Trinajstić information content (AvgIpc) is 2.61. The van der Waals surface area contributed by atoms with Gasteiger partial charge in [0.1, 0.15) is 6.61 Å². The Balaban J connectivity index is 1.86. The van der Waals surface area contributed by atoms with Crippen LogP contribution in [-0.4, -0.2) is 52.5 Å². The zero-order valence-electron chi connectivity index (χ0n) is 14.0. The molecule has 2 aromatic rings. The largest absolute Gasteiger partial charge is 0.480 e. The second kappa shape index (κ2) is 9.90. The topological polar surface area (TPSA) is 109 Å². The minimum Gasteiger partial charge on any atom is -0.480 e. The van der Waals surface area contributed by atoms with Gasteiger partial charge < -0.3 is 15.2 Å². The third kappa shape index (κ3) is 7.10. The lowest BCUT2D eigenvalue weighted by Gasteiger charge is -2.18. The van der Waals surface area contributed by atoms with Gasteiger partial charge in [-0.1, -0.05) is 30.3 Å². The molecule has 0 aliphatic heterocycles. The Morgan fingerprint density at radius 2 is 1.81 bits per heavy atom. The van der Waals surface area contributed by atoms with Crippen LogP contribution in [-0.2, 0) is 25.7 Å². The van der Waals surface area contributed by atoms with Crippen molar-refractivity contribution < 1.29 is 24.2 Å². The number of aliphatic carboxylic acids is 1. The summed E-state index contributed by atoms with van der Waals surface area (Å²) in [7, 11) is 0. The Morgan fingerprint density at radius 1 is 1.04 bits per heavy atom. The maximum Gasteiger partial charge on any atom is 0.320 e. The first-order valence-corrected chi connectivity index (χ1v) is 7.86. The van der Waals surface area contributed by atoms with Gasteiger partial charge in [-0.25, -0.2) is 0 Å². The molecule has 0 unspecified atom stereocenters. The summed E-state index contributed by atoms with van der Waals surface area (Å²) in [5.41, 5.74) is 1.30. The van der Waals surface area contributed by atoms with Crippen molar-refractivity contribution in [2.24, 2.45) is 0 Å². The summed E-state index contributed by atoms with van der Waals surface area (Å²) in [6.45, 7) is -0.940. The smallest absolute Gasteiger partial charge is 0.320 e. The number of ether oxygens (including phenoxy) is 1. The van der Waals surface area contributed by atoms with Gasteiger partial charge in [0.15, 0.2) is 0 Å². The van der Waals surface area contributed by atoms with E-state index in [0.29, 0.717) is 5.69 Å². The highest BCUT2D eigenvalue weighted by Crippen LogP contribution is 2.04. The van der Waals surface area contributed by atoms with E-state index in [1.807, 2.05) is 30.3 Å². The third-order valence-corrected chi connectivity index (χ3v) is 3.27. The molecule has 0 saturated heterocycles. The fraction of sp³-hybridized carbons (Fsp3) is 0.222. The Labute approximate surface area is 150 Å². The van der Waals surface area contributed by atoms with Crippen LogP contribution in [0.3, 0.4) is 0 Å². The molecule has 0 atom stereocenters. The number of hydrogen-bond donors (Lipinski definition) is 2. The number of nitrogens with zero attached hydrogens (tertiary/aromatic N) is 2. The number of aromatic nitrogens is 1. The highest BCUT2D eigenvalue weighted by Gasteiger charge is 2.18. The molecule has 0 fully saturated rings. The Bertz CT molecular complexity index is 737. The number of carboxylic acids is 1. The molecule has 136 valence electrons. The molecular formula is C18H19N3O5. The van der Waals surface area contributed by atoms with Crippen LogP contribution in [0.4, 0.5) is 5.69 Å². The molecule has 1 aromatic heterocycles. The molecule has 0 spiro atoms. The van der Waals surface area contributed by atoms with Crippen LogP contribution in [0.5, 0.6) is 0 Å². The number of rotatable bonds is 9. The number of carboxylic acid groups (broad SMARTS) is 1. The summed E-state index contributed by atoms with van der Waals surface area (Å²) in [6, 6.07) is 12.4. The van der Waals surface area contributed by atoms with Gasteiger partial charge >= 0.3 is 11.9 Å². The van der Waals surface area contributed by atoms with Gasteiger partial charge in [-0.05, 0) is 17.7 Å². The molecule has 0 aliphatic carbocycles. The van der Waals surface area contributed by atoms with Gasteiger partial charge in [-0.3, -0.25) is 24.3 Å². The molecule has 2 N–H and O–H groups in total. The molecule has 0 bridgehead atoms. The first-order chi connectivity index (χ1) is 12.5. The standard InChI is InChI=1S/C18H19N3O5/c22-16(20-15-7-4-8-19-9-15)10-21(11-17(23)24)12-18(25)26-13-14-5-2-1-3-6-14/h1-9H,10-13H2,(H,20,22)(H,23,24). The average molecular weight is 357 g/mol. The van der Waals surface area contributed by atoms with Gasteiger partial charge in [0.25, 0.3) is 0 Å². The van der Waals surface area contributed by atoms with E-state index in [1.165, 1.54) is 11.1 Å². The number of pyridine rings is 1. The summed E-state index contributed by atoms with van der Waals surface area (Å²) < 4.78 is 5.12. The van der Waals surface area contributed by atoms with Crippen LogP contribution in [0.1, 0.15) is 5.56 Å². The summed E-state index contributed by atoms with van der Waals surface area (Å²) >= 11 is 0. The Kier molecular flexibility index (Phi) is 7.26. The van der Waals surface area contributed by atoms with Crippen LogP contribution < -0.4 is 5.32 Å². The van der Waals surface area contributed by atoms with Crippen molar-refractivity contribution in [3.05, 3.63) is 60.4 Å². The molecule has 1 heterocycles. The predicted octanol–water partition coefficient (Wildman–Crippen LogP) is 1.15. The highest BCUT2D eigenvalue weighted by molar-refractivity contribution is 5.92. The minimum absolute atomic E-state index is 0.0858. The predicted molar refractivity (Wildman–Crippen MR) is 93.2 cm³/mol. The van der Waals surface area contributed by atoms with Crippen molar-refractivity contribution in [3.8, 4) is 0 Å². The van der Waals surface area contributed by atoms with Crippen LogP contribution >= 0.6 is 0 Å². The molecule has 0 radical (unpaired) electrons. The molecule has 8 nitrogen and oxygen atoms in total. The van der Waals surface area contributed by atoms with E-state index < -0.39 is 24.4 Å².